The van der Waals surface area contributed by atoms with E-state index in [9.17, 15) is 0 Å². The summed E-state index contributed by atoms with van der Waals surface area (Å²) in [4.78, 5) is 2.74. The maximum absolute atomic E-state index is 5.94. The van der Waals surface area contributed by atoms with Crippen molar-refractivity contribution in [3.05, 3.63) is 0 Å². The molecule has 15 heavy (non-hydrogen) atoms. The van der Waals surface area contributed by atoms with E-state index in [1.165, 1.54) is 58.0 Å². The molecule has 2 nitrogen and oxygen atoms in total. The Morgan fingerprint density at radius 2 is 1.73 bits per heavy atom. The lowest BCUT2D eigenvalue weighted by Crippen LogP contribution is -2.36. The van der Waals surface area contributed by atoms with Crippen LogP contribution in [0.15, 0.2) is 0 Å². The van der Waals surface area contributed by atoms with Gasteiger partial charge in [0, 0.05) is 18.6 Å². The van der Waals surface area contributed by atoms with Gasteiger partial charge in [0.05, 0.1) is 0 Å². The van der Waals surface area contributed by atoms with Crippen LogP contribution in [-0.2, 0) is 0 Å². The minimum Gasteiger partial charge on any atom is -0.328 e. The minimum atomic E-state index is 0.502. The van der Waals surface area contributed by atoms with Crippen molar-refractivity contribution in [3.63, 3.8) is 0 Å². The van der Waals surface area contributed by atoms with Crippen LogP contribution in [0.1, 0.15) is 51.9 Å². The maximum atomic E-state index is 5.94. The van der Waals surface area contributed by atoms with Crippen molar-refractivity contribution in [1.82, 2.24) is 4.90 Å². The van der Waals surface area contributed by atoms with Gasteiger partial charge in [0.15, 0.2) is 0 Å². The first-order chi connectivity index (χ1) is 7.29. The van der Waals surface area contributed by atoms with Crippen LogP contribution in [0.2, 0.25) is 0 Å². The van der Waals surface area contributed by atoms with E-state index in [0.717, 1.165) is 12.0 Å². The summed E-state index contributed by atoms with van der Waals surface area (Å²) in [5.41, 5.74) is 5.94. The molecule has 0 aromatic heterocycles. The van der Waals surface area contributed by atoms with Crippen molar-refractivity contribution in [1.29, 1.82) is 0 Å². The highest BCUT2D eigenvalue weighted by Crippen LogP contribution is 2.31. The second kappa shape index (κ2) is 5.31. The Hall–Kier alpha value is -0.0800. The predicted molar refractivity (Wildman–Crippen MR) is 64.8 cm³/mol. The van der Waals surface area contributed by atoms with Crippen LogP contribution in [0.25, 0.3) is 0 Å². The maximum Gasteiger partial charge on any atom is 0.00965 e. The van der Waals surface area contributed by atoms with Gasteiger partial charge in [-0.15, -0.1) is 0 Å². The lowest BCUT2D eigenvalue weighted by molar-refractivity contribution is 0.187. The fourth-order valence-corrected chi connectivity index (χ4v) is 2.85. The highest BCUT2D eigenvalue weighted by Gasteiger charge is 2.30. The van der Waals surface area contributed by atoms with Crippen molar-refractivity contribution in [2.45, 2.75) is 64.0 Å². The average Bonchev–Trinajstić information content (AvgIpc) is 3.04. The fraction of sp³-hybridized carbons (Fsp3) is 1.00. The lowest BCUT2D eigenvalue weighted by atomic mass is 9.86. The van der Waals surface area contributed by atoms with Crippen LogP contribution in [0.4, 0.5) is 0 Å². The molecule has 0 unspecified atom stereocenters. The molecule has 0 saturated heterocycles. The van der Waals surface area contributed by atoms with E-state index in [2.05, 4.69) is 11.8 Å². The van der Waals surface area contributed by atoms with Gasteiger partial charge in [0.1, 0.15) is 0 Å². The van der Waals surface area contributed by atoms with E-state index in [1.54, 1.807) is 0 Å². The zero-order valence-electron chi connectivity index (χ0n) is 10.1. The summed E-state index contributed by atoms with van der Waals surface area (Å²) < 4.78 is 0. The standard InChI is InChI=1S/C13H26N2/c1-2-9-15(13-7-8-13)10-11-3-5-12(14)6-4-11/h11-13H,2-10,14H2,1H3. The summed E-state index contributed by atoms with van der Waals surface area (Å²) in [5, 5.41) is 0. The van der Waals surface area contributed by atoms with Crippen LogP contribution in [0.3, 0.4) is 0 Å². The Labute approximate surface area is 94.2 Å². The van der Waals surface area contributed by atoms with E-state index in [0.29, 0.717) is 6.04 Å². The zero-order valence-corrected chi connectivity index (χ0v) is 10.1. The lowest BCUT2D eigenvalue weighted by Gasteiger charge is -2.31. The Bertz CT molecular complexity index is 181. The summed E-state index contributed by atoms with van der Waals surface area (Å²) in [6.07, 6.45) is 9.47. The molecule has 2 rings (SSSR count). The van der Waals surface area contributed by atoms with Gasteiger partial charge in [-0.05, 0) is 57.4 Å². The monoisotopic (exact) mass is 210 g/mol. The second-order valence-corrected chi connectivity index (χ2v) is 5.51. The topological polar surface area (TPSA) is 29.3 Å². The summed E-state index contributed by atoms with van der Waals surface area (Å²) in [7, 11) is 0. The van der Waals surface area contributed by atoms with Crippen LogP contribution < -0.4 is 5.73 Å². The fourth-order valence-electron chi connectivity index (χ4n) is 2.85. The van der Waals surface area contributed by atoms with Gasteiger partial charge in [0.2, 0.25) is 0 Å². The molecule has 2 fully saturated rings. The Morgan fingerprint density at radius 3 is 2.27 bits per heavy atom. The third-order valence-corrected chi connectivity index (χ3v) is 3.96. The Morgan fingerprint density at radius 1 is 1.07 bits per heavy atom. The first kappa shape index (κ1) is 11.4. The van der Waals surface area contributed by atoms with Crippen molar-refractivity contribution in [2.24, 2.45) is 11.7 Å². The molecule has 0 atom stereocenters. The highest BCUT2D eigenvalue weighted by atomic mass is 15.2. The molecule has 2 aliphatic carbocycles. The summed E-state index contributed by atoms with van der Waals surface area (Å²) in [6, 6.07) is 1.45. The van der Waals surface area contributed by atoms with Crippen molar-refractivity contribution < 1.29 is 0 Å². The van der Waals surface area contributed by atoms with Gasteiger partial charge in [0.25, 0.3) is 0 Å². The van der Waals surface area contributed by atoms with E-state index >= 15 is 0 Å². The van der Waals surface area contributed by atoms with E-state index in [1.807, 2.05) is 0 Å². The zero-order chi connectivity index (χ0) is 10.7. The van der Waals surface area contributed by atoms with Crippen molar-refractivity contribution in [2.75, 3.05) is 13.1 Å². The molecular formula is C13H26N2. The quantitative estimate of drug-likeness (QED) is 0.755. The third kappa shape index (κ3) is 3.46. The van der Waals surface area contributed by atoms with E-state index in [4.69, 9.17) is 5.73 Å². The molecule has 88 valence electrons. The van der Waals surface area contributed by atoms with Crippen LogP contribution >= 0.6 is 0 Å². The predicted octanol–water partition coefficient (Wildman–Crippen LogP) is 2.38. The molecule has 0 aromatic rings. The number of nitrogens with zero attached hydrogens (tertiary/aromatic N) is 1. The average molecular weight is 210 g/mol. The first-order valence-corrected chi connectivity index (χ1v) is 6.79. The minimum absolute atomic E-state index is 0.502. The third-order valence-electron chi connectivity index (χ3n) is 3.96. The first-order valence-electron chi connectivity index (χ1n) is 6.79. The van der Waals surface area contributed by atoms with E-state index < -0.39 is 0 Å². The summed E-state index contributed by atoms with van der Waals surface area (Å²) >= 11 is 0. The van der Waals surface area contributed by atoms with Gasteiger partial charge in [-0.25, -0.2) is 0 Å². The molecule has 2 aliphatic rings. The molecule has 0 aromatic carbocycles. The smallest absolute Gasteiger partial charge is 0.00965 e. The van der Waals surface area contributed by atoms with Gasteiger partial charge in [-0.3, -0.25) is 0 Å². The second-order valence-electron chi connectivity index (χ2n) is 5.51. The number of hydrogen-bond acceptors (Lipinski definition) is 2. The molecule has 0 spiro atoms. The number of nitrogens with two attached hydrogens (primary N) is 1. The van der Waals surface area contributed by atoms with Gasteiger partial charge < -0.3 is 10.6 Å². The van der Waals surface area contributed by atoms with Gasteiger partial charge in [-0.1, -0.05) is 6.92 Å². The molecule has 0 heterocycles. The van der Waals surface area contributed by atoms with Crippen molar-refractivity contribution >= 4 is 0 Å². The molecule has 0 radical (unpaired) electrons. The number of hydrogen-bond donors (Lipinski definition) is 1. The summed E-state index contributed by atoms with van der Waals surface area (Å²) in [5.74, 6) is 0.942. The van der Waals surface area contributed by atoms with Crippen LogP contribution in [-0.4, -0.2) is 30.1 Å². The highest BCUT2D eigenvalue weighted by molar-refractivity contribution is 4.86. The number of rotatable bonds is 5. The van der Waals surface area contributed by atoms with Crippen LogP contribution in [0, 0.1) is 5.92 Å². The molecule has 2 heteroatoms. The SMILES string of the molecule is CCCN(CC1CCC(N)CC1)C1CC1. The van der Waals surface area contributed by atoms with Gasteiger partial charge >= 0.3 is 0 Å². The largest absolute Gasteiger partial charge is 0.328 e. The molecule has 0 bridgehead atoms. The summed E-state index contributed by atoms with van der Waals surface area (Å²) in [6.45, 7) is 4.96. The molecule has 0 aliphatic heterocycles. The Kier molecular flexibility index (Phi) is 4.04. The molecule has 2 N–H and O–H groups in total. The Balaban J connectivity index is 1.73. The van der Waals surface area contributed by atoms with Gasteiger partial charge in [-0.2, -0.15) is 0 Å². The molecular weight excluding hydrogens is 184 g/mol. The normalized spacial score (nSPS) is 32.2. The molecule has 2 saturated carbocycles. The molecule has 0 amide bonds. The van der Waals surface area contributed by atoms with E-state index in [-0.39, 0.29) is 0 Å². The van der Waals surface area contributed by atoms with Crippen molar-refractivity contribution in [3.8, 4) is 0 Å². The van der Waals surface area contributed by atoms with Crippen LogP contribution in [0.5, 0.6) is 0 Å².